The Hall–Kier alpha value is -3.95. The lowest BCUT2D eigenvalue weighted by molar-refractivity contribution is -0.122. The second kappa shape index (κ2) is 9.96. The van der Waals surface area contributed by atoms with Crippen molar-refractivity contribution in [3.05, 3.63) is 94.0 Å². The molecule has 1 saturated heterocycles. The van der Waals surface area contributed by atoms with Crippen LogP contribution in [0, 0.1) is 6.92 Å². The lowest BCUT2D eigenvalue weighted by Gasteiger charge is -2.26. The van der Waals surface area contributed by atoms with Crippen LogP contribution in [0.25, 0.3) is 6.08 Å². The second-order valence-electron chi connectivity index (χ2n) is 8.02. The minimum Gasteiger partial charge on any atom is -0.377 e. The molecule has 0 radical (unpaired) electrons. The van der Waals surface area contributed by atoms with Crippen LogP contribution in [0.3, 0.4) is 0 Å². The van der Waals surface area contributed by atoms with Gasteiger partial charge in [-0.15, -0.1) is 0 Å². The van der Waals surface area contributed by atoms with Crippen molar-refractivity contribution in [3.63, 3.8) is 0 Å². The fourth-order valence-electron chi connectivity index (χ4n) is 3.49. The lowest BCUT2D eigenvalue weighted by atomic mass is 10.1. The molecule has 0 saturated carbocycles. The van der Waals surface area contributed by atoms with Crippen LogP contribution in [0.5, 0.6) is 5.75 Å². The number of imide groups is 2. The van der Waals surface area contributed by atoms with E-state index in [2.05, 4.69) is 5.32 Å². The Labute approximate surface area is 213 Å². The fraction of sp³-hybridized carbons (Fsp3) is 0.115. The van der Waals surface area contributed by atoms with Crippen molar-refractivity contribution in [2.24, 2.45) is 0 Å². The zero-order valence-electron chi connectivity index (χ0n) is 19.3. The van der Waals surface area contributed by atoms with Gasteiger partial charge in [0.05, 0.1) is 10.7 Å². The maximum absolute atomic E-state index is 13.1. The van der Waals surface area contributed by atoms with Gasteiger partial charge in [-0.25, -0.2) is 9.69 Å². The lowest BCUT2D eigenvalue weighted by Crippen LogP contribution is -2.54. The van der Waals surface area contributed by atoms with E-state index in [1.54, 1.807) is 36.4 Å². The predicted octanol–water partition coefficient (Wildman–Crippen LogP) is 4.64. The molecule has 0 unspecified atom stereocenters. The molecule has 10 heteroatoms. The van der Waals surface area contributed by atoms with Gasteiger partial charge < -0.3 is 4.18 Å². The van der Waals surface area contributed by atoms with Gasteiger partial charge in [0.25, 0.3) is 11.8 Å². The van der Waals surface area contributed by atoms with Crippen molar-refractivity contribution in [1.29, 1.82) is 0 Å². The summed E-state index contributed by atoms with van der Waals surface area (Å²) < 4.78 is 30.3. The van der Waals surface area contributed by atoms with Crippen LogP contribution in [0.1, 0.15) is 23.6 Å². The average molecular weight is 525 g/mol. The van der Waals surface area contributed by atoms with E-state index in [9.17, 15) is 22.8 Å². The van der Waals surface area contributed by atoms with Crippen LogP contribution in [-0.2, 0) is 26.1 Å². The van der Waals surface area contributed by atoms with Crippen LogP contribution in [0.15, 0.2) is 77.2 Å². The molecule has 3 aromatic rings. The van der Waals surface area contributed by atoms with Gasteiger partial charge in [-0.3, -0.25) is 14.9 Å². The van der Waals surface area contributed by atoms with Gasteiger partial charge in [-0.05, 0) is 66.9 Å². The van der Waals surface area contributed by atoms with Crippen LogP contribution in [0.2, 0.25) is 5.02 Å². The molecule has 0 aromatic heterocycles. The van der Waals surface area contributed by atoms with E-state index < -0.39 is 28.0 Å². The van der Waals surface area contributed by atoms with E-state index in [1.165, 1.54) is 36.4 Å². The summed E-state index contributed by atoms with van der Waals surface area (Å²) in [5, 5.41) is 2.11. The number of amides is 4. The van der Waals surface area contributed by atoms with E-state index >= 15 is 0 Å². The molecular formula is C26H21ClN2O6S. The number of carbonyl (C=O) groups is 3. The third kappa shape index (κ3) is 5.17. The highest BCUT2D eigenvalue weighted by atomic mass is 35.5. The summed E-state index contributed by atoms with van der Waals surface area (Å²) in [6.07, 6.45) is 2.05. The Morgan fingerprint density at radius 3 is 2.25 bits per heavy atom. The zero-order chi connectivity index (χ0) is 26.0. The minimum absolute atomic E-state index is 0.0310. The Kier molecular flexibility index (Phi) is 6.96. The number of urea groups is 1. The second-order valence-corrected chi connectivity index (χ2v) is 9.97. The molecule has 1 aliphatic heterocycles. The molecule has 0 spiro atoms. The monoisotopic (exact) mass is 524 g/mol. The summed E-state index contributed by atoms with van der Waals surface area (Å²) in [6.45, 7) is 3.81. The van der Waals surface area contributed by atoms with E-state index in [0.29, 0.717) is 11.3 Å². The van der Waals surface area contributed by atoms with Gasteiger partial charge in [0, 0.05) is 0 Å². The van der Waals surface area contributed by atoms with Gasteiger partial charge in [-0.1, -0.05) is 54.4 Å². The summed E-state index contributed by atoms with van der Waals surface area (Å²) in [4.78, 5) is 38.7. The van der Waals surface area contributed by atoms with Crippen molar-refractivity contribution in [1.82, 2.24) is 5.32 Å². The molecule has 8 nitrogen and oxygen atoms in total. The number of nitrogens with zero attached hydrogens (tertiary/aromatic N) is 1. The molecule has 4 rings (SSSR count). The Balaban J connectivity index is 1.60. The van der Waals surface area contributed by atoms with Crippen molar-refractivity contribution < 1.29 is 27.0 Å². The fourth-order valence-corrected chi connectivity index (χ4v) is 4.71. The minimum atomic E-state index is -4.12. The molecule has 0 atom stereocenters. The number of hydrogen-bond donors (Lipinski definition) is 1. The first kappa shape index (κ1) is 25.2. The van der Waals surface area contributed by atoms with Gasteiger partial charge in [0.15, 0.2) is 5.75 Å². The first-order chi connectivity index (χ1) is 17.1. The van der Waals surface area contributed by atoms with Crippen molar-refractivity contribution in [2.75, 3.05) is 4.90 Å². The quantitative estimate of drug-likeness (QED) is 0.286. The first-order valence-corrected chi connectivity index (χ1v) is 12.7. The molecule has 0 aliphatic carbocycles. The molecular weight excluding hydrogens is 504 g/mol. The zero-order valence-corrected chi connectivity index (χ0v) is 20.9. The van der Waals surface area contributed by atoms with Crippen LogP contribution < -0.4 is 14.4 Å². The summed E-state index contributed by atoms with van der Waals surface area (Å²) in [5.74, 6) is -1.78. The van der Waals surface area contributed by atoms with Crippen LogP contribution >= 0.6 is 11.6 Å². The highest BCUT2D eigenvalue weighted by Crippen LogP contribution is 2.30. The van der Waals surface area contributed by atoms with Crippen molar-refractivity contribution >= 4 is 51.3 Å². The molecule has 1 N–H and O–H groups in total. The smallest absolute Gasteiger partial charge is 0.339 e. The van der Waals surface area contributed by atoms with E-state index in [1.807, 2.05) is 13.8 Å². The summed E-state index contributed by atoms with van der Waals surface area (Å²) >= 11 is 6.25. The van der Waals surface area contributed by atoms with Gasteiger partial charge in [0.1, 0.15) is 10.5 Å². The molecule has 184 valence electrons. The maximum Gasteiger partial charge on any atom is 0.339 e. The Morgan fingerprint density at radius 2 is 1.64 bits per heavy atom. The Morgan fingerprint density at radius 1 is 0.972 bits per heavy atom. The van der Waals surface area contributed by atoms with E-state index in [4.69, 9.17) is 15.8 Å². The third-order valence-electron chi connectivity index (χ3n) is 5.48. The number of benzene rings is 3. The largest absolute Gasteiger partial charge is 0.377 e. The number of rotatable bonds is 6. The SMILES string of the molecule is CCc1ccc(N2C(=O)NC(=O)/C(=C\c3ccc(OS(=O)(=O)c4ccc(C)cc4)c(Cl)c3)C2=O)cc1. The number of halogens is 1. The number of hydrogen-bond acceptors (Lipinski definition) is 6. The molecule has 3 aromatic carbocycles. The molecule has 1 heterocycles. The molecule has 4 amide bonds. The molecule has 1 fully saturated rings. The number of barbiturate groups is 1. The molecule has 1 aliphatic rings. The van der Waals surface area contributed by atoms with Crippen LogP contribution in [0.4, 0.5) is 10.5 Å². The normalized spacial score (nSPS) is 15.2. The summed E-state index contributed by atoms with van der Waals surface area (Å²) in [7, 11) is -4.12. The number of carbonyl (C=O) groups excluding carboxylic acids is 3. The molecule has 0 bridgehead atoms. The Bertz CT molecular complexity index is 1500. The number of anilines is 1. The third-order valence-corrected chi connectivity index (χ3v) is 7.02. The van der Waals surface area contributed by atoms with E-state index in [0.717, 1.165) is 22.4 Å². The van der Waals surface area contributed by atoms with Crippen LogP contribution in [-0.4, -0.2) is 26.3 Å². The first-order valence-electron chi connectivity index (χ1n) is 10.9. The molecule has 36 heavy (non-hydrogen) atoms. The van der Waals surface area contributed by atoms with Crippen molar-refractivity contribution in [3.8, 4) is 5.75 Å². The summed E-state index contributed by atoms with van der Waals surface area (Å²) in [6, 6.07) is 16.2. The standard InChI is InChI=1S/C26H21ClN2O6S/c1-3-17-6-9-19(10-7-17)29-25(31)21(24(30)28-26(29)32)14-18-8-13-23(22(27)15-18)35-36(33,34)20-11-4-16(2)5-12-20/h4-15H,3H2,1-2H3,(H,28,30,32)/b21-14+. The van der Waals surface area contributed by atoms with Crippen molar-refractivity contribution in [2.45, 2.75) is 25.2 Å². The average Bonchev–Trinajstić information content (AvgIpc) is 2.84. The van der Waals surface area contributed by atoms with Gasteiger partial charge in [0.2, 0.25) is 0 Å². The summed E-state index contributed by atoms with van der Waals surface area (Å²) in [5.41, 5.74) is 2.28. The van der Waals surface area contributed by atoms with Gasteiger partial charge in [-0.2, -0.15) is 8.42 Å². The highest BCUT2D eigenvalue weighted by Gasteiger charge is 2.36. The predicted molar refractivity (Wildman–Crippen MR) is 135 cm³/mol. The highest BCUT2D eigenvalue weighted by molar-refractivity contribution is 7.87. The van der Waals surface area contributed by atoms with Gasteiger partial charge >= 0.3 is 16.1 Å². The number of aryl methyl sites for hydroxylation is 2. The van der Waals surface area contributed by atoms with E-state index in [-0.39, 0.29) is 21.2 Å². The number of nitrogens with one attached hydrogen (secondary N) is 1. The maximum atomic E-state index is 13.1. The topological polar surface area (TPSA) is 110 Å².